The Hall–Kier alpha value is -10.2. The summed E-state index contributed by atoms with van der Waals surface area (Å²) in [4.78, 5) is 43.3. The fraction of sp³-hybridized carbons (Fsp3) is 0.439. The number of hydrogen-bond acceptors (Lipinski definition) is 21. The number of carbonyl (C=O) groups is 2. The predicted octanol–water partition coefficient (Wildman–Crippen LogP) is 13.3. The van der Waals surface area contributed by atoms with Gasteiger partial charge in [0.25, 0.3) is 20.2 Å². The van der Waals surface area contributed by atoms with Gasteiger partial charge < -0.3 is 74.4 Å². The van der Waals surface area contributed by atoms with Crippen LogP contribution < -0.4 is 65.3 Å². The molecule has 0 radical (unpaired) electrons. The zero-order valence-corrected chi connectivity index (χ0v) is 67.5. The molecule has 27 nitrogen and oxygen atoms in total. The number of rotatable bonds is 41. The summed E-state index contributed by atoms with van der Waals surface area (Å²) in [5.74, 6) is 5.36. The van der Waals surface area contributed by atoms with E-state index in [-0.39, 0.29) is 5.91 Å². The molecule has 10 aromatic rings. The number of carbonyl (C=O) groups excluding carboxylic acids is 2. The predicted molar refractivity (Wildman–Crippen MR) is 436 cm³/mol. The molecule has 0 saturated heterocycles. The number of imidazole rings is 2. The van der Waals surface area contributed by atoms with Crippen LogP contribution in [0.4, 0.5) is 11.6 Å². The number of primary amides is 1. The number of fused-ring (bicyclic) bond motifs is 6. The molecule has 600 valence electrons. The first-order chi connectivity index (χ1) is 53.3. The van der Waals surface area contributed by atoms with Gasteiger partial charge in [0.05, 0.1) is 115 Å². The first-order valence-corrected chi connectivity index (χ1v) is 40.7. The summed E-state index contributed by atoms with van der Waals surface area (Å²) in [7, 11) is 5.01. The molecule has 29 heteroatoms. The van der Waals surface area contributed by atoms with Gasteiger partial charge >= 0.3 is 0 Å². The summed E-state index contributed by atoms with van der Waals surface area (Å²) in [6.07, 6.45) is 13.4. The van der Waals surface area contributed by atoms with Crippen LogP contribution in [0.25, 0.3) is 43.9 Å². The average molecular weight is 1570 g/mol. The summed E-state index contributed by atoms with van der Waals surface area (Å²) in [6, 6.07) is 36.6. The fourth-order valence-electron chi connectivity index (χ4n) is 13.0. The number of pyridine rings is 2. The first-order valence-electron chi connectivity index (χ1n) is 37.5. The summed E-state index contributed by atoms with van der Waals surface area (Å²) in [6.45, 7) is 10.5. The van der Waals surface area contributed by atoms with Crippen molar-refractivity contribution in [2.24, 2.45) is 23.3 Å². The Kier molecular flexibility index (Phi) is 32.5. The maximum absolute atomic E-state index is 12.2. The van der Waals surface area contributed by atoms with E-state index in [1.165, 1.54) is 19.4 Å². The van der Waals surface area contributed by atoms with Gasteiger partial charge in [-0.1, -0.05) is 77.6 Å². The Bertz CT molecular complexity index is 5010. The molecule has 2 atom stereocenters. The van der Waals surface area contributed by atoms with Crippen molar-refractivity contribution in [2.45, 2.75) is 144 Å². The highest BCUT2D eigenvalue weighted by Gasteiger charge is 2.25. The monoisotopic (exact) mass is 1570 g/mol. The molecule has 0 spiro atoms. The van der Waals surface area contributed by atoms with Gasteiger partial charge in [0.15, 0.2) is 11.6 Å². The second-order valence-corrected chi connectivity index (χ2v) is 30.3. The van der Waals surface area contributed by atoms with E-state index in [0.717, 1.165) is 220 Å². The van der Waals surface area contributed by atoms with Gasteiger partial charge in [-0.25, -0.2) is 19.9 Å². The second-order valence-electron chi connectivity index (χ2n) is 27.3. The second kappa shape index (κ2) is 41.7. The highest BCUT2D eigenvalue weighted by molar-refractivity contribution is 7.86. The molecule has 4 heterocycles. The summed E-state index contributed by atoms with van der Waals surface area (Å²) < 4.78 is 109. The smallest absolute Gasteiger partial charge is 0.265 e. The van der Waals surface area contributed by atoms with Crippen LogP contribution in [0.1, 0.15) is 137 Å². The Labute approximate surface area is 651 Å². The van der Waals surface area contributed by atoms with Crippen LogP contribution in [-0.4, -0.2) is 148 Å². The third-order valence-electron chi connectivity index (χ3n) is 19.1. The standard InChI is InChI=1S/C41H53N5O8S.C37H47N5O4.C4H9NO4S/c1-7-8-13-37-45-38-39(46(37)25-30-16-18-32(52-4)23-36(30)54-6)33-19-14-28(12-10-9-11-20-42-41(47)27(2)26-55(48,49)50)21-34(33)44-40(38)43-24-29-15-17-31(51-3)22-35(29)53-5;1-6-7-12-34-41-35-36(42(34)24-27-15-17-29(44-3)22-33(27)46-5)30-18-13-25(11-9-8-10-19-38)20-31(30)40-37(35)39-23-26-14-16-28(43-2)21-32(26)45-4;1-3(4(5)6)2-10(7,8)9/h14-19,21-23,27H,7-13,20,24-26H2,1-6H3,(H,42,47)(H,43,44)(H,48,49,50);13-18,20-22H,6-12,19,23-24,38H2,1-5H3,(H,39,40);3H,2H2,1H3,(H2,5,6)(H,7,8,9)/t27-;;3-/m0.0/s1. The number of ether oxygens (including phenoxy) is 8. The molecular weight excluding hydrogens is 1460 g/mol. The SMILES string of the molecule is CCCCc1nc2c(NCc3ccc(OC)cc3OC)nc3cc(CCCCCN)ccc3c2n1Cc1ccc(OC)cc1OC.CCCCc1nc2c(NCc3ccc(OC)cc3OC)nc3cc(CCCCCNC(=O)[C@@H](C)CS(=O)(=O)O)ccc3c2n1Cc1ccc(OC)cc1OC.C[C@@H](CS(=O)(=O)O)C(N)=O. The molecule has 0 fully saturated rings. The third-order valence-corrected chi connectivity index (χ3v) is 21.0. The highest BCUT2D eigenvalue weighted by atomic mass is 32.2. The number of hydrogen-bond donors (Lipinski definition) is 7. The van der Waals surface area contributed by atoms with E-state index in [4.69, 9.17) is 78.4 Å². The number of nitrogens with two attached hydrogens (primary N) is 2. The number of benzene rings is 6. The number of methoxy groups -OCH3 is 8. The van der Waals surface area contributed by atoms with Gasteiger partial charge in [-0.15, -0.1) is 0 Å². The summed E-state index contributed by atoms with van der Waals surface area (Å²) in [5, 5.41) is 12.1. The van der Waals surface area contributed by atoms with Gasteiger partial charge in [-0.2, -0.15) is 16.8 Å². The minimum atomic E-state index is -4.21. The van der Waals surface area contributed by atoms with E-state index >= 15 is 0 Å². The van der Waals surface area contributed by atoms with Crippen LogP contribution in [0.15, 0.2) is 109 Å². The number of nitrogens with zero attached hydrogens (tertiary/aromatic N) is 6. The number of amides is 2. The molecule has 0 unspecified atom stereocenters. The number of aryl methyl sites for hydroxylation is 4. The van der Waals surface area contributed by atoms with Crippen molar-refractivity contribution in [1.29, 1.82) is 0 Å². The first kappa shape index (κ1) is 86.4. The van der Waals surface area contributed by atoms with Crippen molar-refractivity contribution < 1.29 is 73.4 Å². The molecule has 0 bridgehead atoms. The molecule has 2 amide bonds. The maximum atomic E-state index is 12.2. The molecule has 111 heavy (non-hydrogen) atoms. The van der Waals surface area contributed by atoms with E-state index in [0.29, 0.717) is 50.0 Å². The average Bonchev–Trinajstić information content (AvgIpc) is 1.62. The molecule has 6 aromatic carbocycles. The van der Waals surface area contributed by atoms with Gasteiger partial charge in [-0.3, -0.25) is 18.7 Å². The Balaban J connectivity index is 0.000000251. The zero-order valence-electron chi connectivity index (χ0n) is 65.9. The van der Waals surface area contributed by atoms with Gasteiger partial charge in [0, 0.05) is 89.8 Å². The minimum Gasteiger partial charge on any atom is -0.497 e. The number of nitrogens with one attached hydrogen (secondary N) is 3. The van der Waals surface area contributed by atoms with E-state index in [1.807, 2.05) is 66.7 Å². The van der Waals surface area contributed by atoms with Crippen molar-refractivity contribution in [1.82, 2.24) is 34.4 Å². The van der Waals surface area contributed by atoms with E-state index in [1.54, 1.807) is 56.9 Å². The summed E-state index contributed by atoms with van der Waals surface area (Å²) in [5.41, 5.74) is 22.4. The Morgan fingerprint density at radius 1 is 0.459 bits per heavy atom. The van der Waals surface area contributed by atoms with Crippen molar-refractivity contribution >= 4 is 87.6 Å². The Morgan fingerprint density at radius 2 is 0.838 bits per heavy atom. The molecular formula is C82H109N11O16S2. The van der Waals surface area contributed by atoms with Crippen molar-refractivity contribution in [3.63, 3.8) is 0 Å². The maximum Gasteiger partial charge on any atom is 0.265 e. The number of aromatic nitrogens is 6. The van der Waals surface area contributed by atoms with Crippen LogP contribution in [0.3, 0.4) is 0 Å². The fourth-order valence-corrected chi connectivity index (χ4v) is 14.6. The van der Waals surface area contributed by atoms with Crippen LogP contribution in [-0.2, 0) is 81.7 Å². The van der Waals surface area contributed by atoms with Gasteiger partial charge in [0.1, 0.15) is 68.7 Å². The van der Waals surface area contributed by atoms with E-state index < -0.39 is 49.5 Å². The topological polar surface area (TPSA) is 366 Å². The lowest BCUT2D eigenvalue weighted by atomic mass is 10.0. The molecule has 0 aliphatic heterocycles. The zero-order chi connectivity index (χ0) is 80.4. The molecule has 0 aliphatic carbocycles. The Morgan fingerprint density at radius 3 is 1.19 bits per heavy atom. The number of anilines is 2. The van der Waals surface area contributed by atoms with Crippen molar-refractivity contribution in [3.05, 3.63) is 154 Å². The lowest BCUT2D eigenvalue weighted by Gasteiger charge is -2.16. The largest absolute Gasteiger partial charge is 0.497 e. The quantitative estimate of drug-likeness (QED) is 0.0138. The third kappa shape index (κ3) is 24.2. The van der Waals surface area contributed by atoms with Gasteiger partial charge in [-0.05, 0) is 130 Å². The van der Waals surface area contributed by atoms with Crippen LogP contribution in [0.2, 0.25) is 0 Å². The molecule has 0 saturated carbocycles. The lowest BCUT2D eigenvalue weighted by Crippen LogP contribution is -2.33. The number of unbranched alkanes of at least 4 members (excludes halogenated alkanes) is 6. The lowest BCUT2D eigenvalue weighted by molar-refractivity contribution is -0.124. The van der Waals surface area contributed by atoms with E-state index in [2.05, 4.69) is 81.4 Å². The summed E-state index contributed by atoms with van der Waals surface area (Å²) >= 11 is 0. The van der Waals surface area contributed by atoms with Crippen molar-refractivity contribution in [2.75, 3.05) is 92.1 Å². The molecule has 9 N–H and O–H groups in total. The highest BCUT2D eigenvalue weighted by Crippen LogP contribution is 2.38. The van der Waals surface area contributed by atoms with Crippen LogP contribution >= 0.6 is 0 Å². The van der Waals surface area contributed by atoms with Crippen LogP contribution in [0.5, 0.6) is 46.0 Å². The minimum absolute atomic E-state index is 0.387. The molecule has 0 aliphatic rings. The molecule has 10 rings (SSSR count). The normalized spacial score (nSPS) is 12.0. The van der Waals surface area contributed by atoms with E-state index in [9.17, 15) is 26.4 Å². The van der Waals surface area contributed by atoms with Crippen LogP contribution in [0, 0.1) is 11.8 Å². The van der Waals surface area contributed by atoms with Crippen molar-refractivity contribution in [3.8, 4) is 46.0 Å². The molecule has 4 aromatic heterocycles. The van der Waals surface area contributed by atoms with Gasteiger partial charge in [0.2, 0.25) is 11.8 Å².